The molecule has 0 spiro atoms. The Morgan fingerprint density at radius 2 is 2.31 bits per heavy atom. The lowest BCUT2D eigenvalue weighted by Crippen LogP contribution is -2.01. The highest BCUT2D eigenvalue weighted by Gasteiger charge is 2.03. The van der Waals surface area contributed by atoms with Crippen LogP contribution in [0, 0.1) is 5.92 Å². The SMILES string of the molecule is CSSc1nccn1CCC(C)C. The quantitative estimate of drug-likeness (QED) is 0.703. The third-order valence-electron chi connectivity index (χ3n) is 1.78. The van der Waals surface area contributed by atoms with E-state index in [4.69, 9.17) is 0 Å². The number of hydrogen-bond donors (Lipinski definition) is 0. The summed E-state index contributed by atoms with van der Waals surface area (Å²) in [6.45, 7) is 5.58. The van der Waals surface area contributed by atoms with Crippen molar-refractivity contribution in [1.29, 1.82) is 0 Å². The Balaban J connectivity index is 2.49. The van der Waals surface area contributed by atoms with Gasteiger partial charge in [0, 0.05) is 18.9 Å². The van der Waals surface area contributed by atoms with Crippen molar-refractivity contribution in [2.75, 3.05) is 6.26 Å². The van der Waals surface area contributed by atoms with E-state index < -0.39 is 0 Å². The Morgan fingerprint density at radius 3 is 2.92 bits per heavy atom. The number of hydrogen-bond acceptors (Lipinski definition) is 3. The lowest BCUT2D eigenvalue weighted by atomic mass is 10.1. The Morgan fingerprint density at radius 1 is 1.54 bits per heavy atom. The summed E-state index contributed by atoms with van der Waals surface area (Å²) in [5, 5.41) is 1.12. The van der Waals surface area contributed by atoms with Crippen molar-refractivity contribution in [2.45, 2.75) is 32.0 Å². The molecular formula is C9H16N2S2. The van der Waals surface area contributed by atoms with E-state index >= 15 is 0 Å². The highest BCUT2D eigenvalue weighted by atomic mass is 33.1. The number of aromatic nitrogens is 2. The molecule has 0 radical (unpaired) electrons. The standard InChI is InChI=1S/C9H16N2S2/c1-8(2)4-6-11-7-5-10-9(11)13-12-3/h5,7-8H,4,6H2,1-3H3. The van der Waals surface area contributed by atoms with Gasteiger partial charge in [-0.15, -0.1) is 0 Å². The summed E-state index contributed by atoms with van der Waals surface area (Å²) in [4.78, 5) is 4.29. The first-order chi connectivity index (χ1) is 6.24. The second-order valence-corrected chi connectivity index (χ2v) is 5.70. The number of aryl methyl sites for hydroxylation is 1. The maximum atomic E-state index is 4.29. The van der Waals surface area contributed by atoms with Crippen molar-refractivity contribution in [3.63, 3.8) is 0 Å². The Bertz CT molecular complexity index is 246. The van der Waals surface area contributed by atoms with E-state index in [-0.39, 0.29) is 0 Å². The van der Waals surface area contributed by atoms with Crippen LogP contribution in [0.5, 0.6) is 0 Å². The first kappa shape index (κ1) is 11.0. The second kappa shape index (κ2) is 5.60. The monoisotopic (exact) mass is 216 g/mol. The molecular weight excluding hydrogens is 200 g/mol. The highest BCUT2D eigenvalue weighted by molar-refractivity contribution is 8.76. The molecule has 4 heteroatoms. The Hall–Kier alpha value is -0.0900. The van der Waals surface area contributed by atoms with E-state index in [9.17, 15) is 0 Å². The fourth-order valence-corrected chi connectivity index (χ4v) is 2.39. The topological polar surface area (TPSA) is 17.8 Å². The van der Waals surface area contributed by atoms with Gasteiger partial charge in [-0.3, -0.25) is 0 Å². The summed E-state index contributed by atoms with van der Waals surface area (Å²) in [6, 6.07) is 0. The van der Waals surface area contributed by atoms with Gasteiger partial charge in [-0.25, -0.2) is 4.98 Å². The molecule has 0 bridgehead atoms. The molecule has 0 aliphatic heterocycles. The fourth-order valence-electron chi connectivity index (χ4n) is 1.03. The van der Waals surface area contributed by atoms with Crippen LogP contribution in [0.4, 0.5) is 0 Å². The van der Waals surface area contributed by atoms with Gasteiger partial charge in [0.05, 0.1) is 0 Å². The van der Waals surface area contributed by atoms with Gasteiger partial charge in [0.1, 0.15) is 0 Å². The normalized spacial score (nSPS) is 11.1. The number of rotatable bonds is 5. The zero-order valence-corrected chi connectivity index (χ0v) is 9.99. The molecule has 0 aliphatic rings. The summed E-state index contributed by atoms with van der Waals surface area (Å²) in [7, 11) is 3.47. The summed E-state index contributed by atoms with van der Waals surface area (Å²) in [6.07, 6.45) is 7.23. The molecule has 0 atom stereocenters. The van der Waals surface area contributed by atoms with Gasteiger partial charge in [-0.2, -0.15) is 0 Å². The van der Waals surface area contributed by atoms with E-state index in [2.05, 4.69) is 35.9 Å². The van der Waals surface area contributed by atoms with E-state index in [1.165, 1.54) is 6.42 Å². The van der Waals surface area contributed by atoms with Crippen LogP contribution >= 0.6 is 21.6 Å². The molecule has 0 saturated carbocycles. The molecule has 0 unspecified atom stereocenters. The lowest BCUT2D eigenvalue weighted by molar-refractivity contribution is 0.496. The molecule has 0 amide bonds. The smallest absolute Gasteiger partial charge is 0.178 e. The molecule has 0 N–H and O–H groups in total. The minimum atomic E-state index is 0.759. The molecule has 0 aromatic carbocycles. The molecule has 74 valence electrons. The van der Waals surface area contributed by atoms with Crippen LogP contribution in [0.25, 0.3) is 0 Å². The zero-order valence-electron chi connectivity index (χ0n) is 8.36. The maximum Gasteiger partial charge on any atom is 0.178 e. The third-order valence-corrected chi connectivity index (χ3v) is 3.39. The summed E-state index contributed by atoms with van der Waals surface area (Å²) < 4.78 is 2.22. The van der Waals surface area contributed by atoms with E-state index in [1.807, 2.05) is 6.20 Å². The van der Waals surface area contributed by atoms with Gasteiger partial charge in [0.25, 0.3) is 0 Å². The Kier molecular flexibility index (Phi) is 4.73. The molecule has 1 aromatic rings. The first-order valence-corrected chi connectivity index (χ1v) is 7.01. The minimum Gasteiger partial charge on any atom is -0.325 e. The molecule has 1 aromatic heterocycles. The van der Waals surface area contributed by atoms with Crippen LogP contribution in [0.1, 0.15) is 20.3 Å². The average Bonchev–Trinajstić information content (AvgIpc) is 2.49. The van der Waals surface area contributed by atoms with Crippen molar-refractivity contribution in [1.82, 2.24) is 9.55 Å². The molecule has 0 aliphatic carbocycles. The molecule has 2 nitrogen and oxygen atoms in total. The van der Waals surface area contributed by atoms with Gasteiger partial charge in [0.15, 0.2) is 5.16 Å². The molecule has 1 rings (SSSR count). The lowest BCUT2D eigenvalue weighted by Gasteiger charge is -2.07. The predicted molar refractivity (Wildman–Crippen MR) is 61.1 cm³/mol. The van der Waals surface area contributed by atoms with E-state index in [0.29, 0.717) is 0 Å². The van der Waals surface area contributed by atoms with Crippen molar-refractivity contribution in [3.8, 4) is 0 Å². The predicted octanol–water partition coefficient (Wildman–Crippen LogP) is 3.30. The second-order valence-electron chi connectivity index (χ2n) is 3.34. The van der Waals surface area contributed by atoms with Crippen molar-refractivity contribution in [3.05, 3.63) is 12.4 Å². The van der Waals surface area contributed by atoms with Gasteiger partial charge in [-0.1, -0.05) is 24.6 Å². The molecule has 0 fully saturated rings. The summed E-state index contributed by atoms with van der Waals surface area (Å²) in [5.41, 5.74) is 0. The fraction of sp³-hybridized carbons (Fsp3) is 0.667. The summed E-state index contributed by atoms with van der Waals surface area (Å²) in [5.74, 6) is 0.759. The first-order valence-electron chi connectivity index (χ1n) is 4.46. The van der Waals surface area contributed by atoms with Crippen LogP contribution in [-0.2, 0) is 6.54 Å². The Labute approximate surface area is 87.9 Å². The number of nitrogens with zero attached hydrogens (tertiary/aromatic N) is 2. The zero-order chi connectivity index (χ0) is 9.68. The molecule has 13 heavy (non-hydrogen) atoms. The average molecular weight is 216 g/mol. The van der Waals surface area contributed by atoms with Crippen LogP contribution in [0.2, 0.25) is 0 Å². The van der Waals surface area contributed by atoms with Crippen molar-refractivity contribution in [2.24, 2.45) is 5.92 Å². The van der Waals surface area contributed by atoms with Gasteiger partial charge in [-0.05, 0) is 29.4 Å². The van der Waals surface area contributed by atoms with Crippen LogP contribution in [0.15, 0.2) is 17.6 Å². The van der Waals surface area contributed by atoms with Crippen LogP contribution in [0.3, 0.4) is 0 Å². The molecule has 0 saturated heterocycles. The van der Waals surface area contributed by atoms with E-state index in [0.717, 1.165) is 17.6 Å². The van der Waals surface area contributed by atoms with Gasteiger partial charge >= 0.3 is 0 Å². The van der Waals surface area contributed by atoms with Gasteiger partial charge < -0.3 is 4.57 Å². The molecule has 1 heterocycles. The van der Waals surface area contributed by atoms with Crippen LogP contribution < -0.4 is 0 Å². The summed E-state index contributed by atoms with van der Waals surface area (Å²) >= 11 is 0. The van der Waals surface area contributed by atoms with Gasteiger partial charge in [0.2, 0.25) is 0 Å². The largest absolute Gasteiger partial charge is 0.325 e. The third kappa shape index (κ3) is 3.65. The van der Waals surface area contributed by atoms with Crippen LogP contribution in [-0.4, -0.2) is 15.8 Å². The minimum absolute atomic E-state index is 0.759. The van der Waals surface area contributed by atoms with Crippen molar-refractivity contribution >= 4 is 21.6 Å². The van der Waals surface area contributed by atoms with E-state index in [1.54, 1.807) is 21.6 Å². The number of imidazole rings is 1. The maximum absolute atomic E-state index is 4.29. The highest BCUT2D eigenvalue weighted by Crippen LogP contribution is 2.26. The van der Waals surface area contributed by atoms with Crippen molar-refractivity contribution < 1.29 is 0 Å².